The van der Waals surface area contributed by atoms with E-state index >= 15 is 0 Å². The maximum absolute atomic E-state index is 13.0. The SMILES string of the molecule is CC/C=C\C/C=C\C/C=C\C/C=C\CCCCCCC(=O)OCC(COC(=O)CCCCCCCCCCCCCCCCC/C=C\C/C=C\CCCCCCC)OC(=O)CCCCCCCCCCCCCCCCCCCCCCC. The van der Waals surface area contributed by atoms with E-state index in [9.17, 15) is 14.4 Å². The third-order valence-corrected chi connectivity index (χ3v) is 16.2. The summed E-state index contributed by atoms with van der Waals surface area (Å²) in [6, 6.07) is 0. The number of rotatable bonds is 67. The normalized spacial score (nSPS) is 12.5. The Labute approximate surface area is 516 Å². The van der Waals surface area contributed by atoms with Crippen molar-refractivity contribution in [2.45, 2.75) is 386 Å². The number of hydrogen-bond acceptors (Lipinski definition) is 6. The molecule has 83 heavy (non-hydrogen) atoms. The highest BCUT2D eigenvalue weighted by Crippen LogP contribution is 2.18. The van der Waals surface area contributed by atoms with Crippen molar-refractivity contribution in [3.05, 3.63) is 72.9 Å². The van der Waals surface area contributed by atoms with Gasteiger partial charge in [0.2, 0.25) is 0 Å². The van der Waals surface area contributed by atoms with E-state index in [4.69, 9.17) is 14.2 Å². The van der Waals surface area contributed by atoms with Crippen LogP contribution >= 0.6 is 0 Å². The van der Waals surface area contributed by atoms with E-state index < -0.39 is 6.10 Å². The van der Waals surface area contributed by atoms with Gasteiger partial charge in [-0.05, 0) is 89.9 Å². The molecule has 6 heteroatoms. The molecule has 0 aliphatic heterocycles. The summed E-state index contributed by atoms with van der Waals surface area (Å²) in [5, 5.41) is 0. The molecule has 6 nitrogen and oxygen atoms in total. The molecule has 0 rings (SSSR count). The van der Waals surface area contributed by atoms with Crippen molar-refractivity contribution in [2.75, 3.05) is 13.2 Å². The molecule has 0 heterocycles. The molecule has 0 aliphatic carbocycles. The van der Waals surface area contributed by atoms with Gasteiger partial charge in [0, 0.05) is 19.3 Å². The molecule has 0 saturated carbocycles. The molecule has 1 unspecified atom stereocenters. The van der Waals surface area contributed by atoms with Crippen molar-refractivity contribution in [1.29, 1.82) is 0 Å². The Morgan fingerprint density at radius 3 is 0.735 bits per heavy atom. The highest BCUT2D eigenvalue weighted by molar-refractivity contribution is 5.71. The number of hydrogen-bond donors (Lipinski definition) is 0. The van der Waals surface area contributed by atoms with Crippen LogP contribution in [-0.4, -0.2) is 37.2 Å². The molecule has 0 amide bonds. The van der Waals surface area contributed by atoms with Crippen LogP contribution in [0.1, 0.15) is 380 Å². The summed E-state index contributed by atoms with van der Waals surface area (Å²) >= 11 is 0. The predicted molar refractivity (Wildman–Crippen MR) is 362 cm³/mol. The van der Waals surface area contributed by atoms with E-state index in [1.807, 2.05) is 0 Å². The predicted octanol–water partition coefficient (Wildman–Crippen LogP) is 25.2. The highest BCUT2D eigenvalue weighted by Gasteiger charge is 2.19. The van der Waals surface area contributed by atoms with Crippen molar-refractivity contribution in [3.8, 4) is 0 Å². The van der Waals surface area contributed by atoms with Gasteiger partial charge < -0.3 is 14.2 Å². The van der Waals surface area contributed by atoms with Crippen LogP contribution in [0.4, 0.5) is 0 Å². The van der Waals surface area contributed by atoms with Gasteiger partial charge in [-0.1, -0.05) is 344 Å². The van der Waals surface area contributed by atoms with Crippen LogP contribution in [0.15, 0.2) is 72.9 Å². The van der Waals surface area contributed by atoms with E-state index in [1.165, 1.54) is 238 Å². The summed E-state index contributed by atoms with van der Waals surface area (Å²) in [4.78, 5) is 38.5. The summed E-state index contributed by atoms with van der Waals surface area (Å²) in [5.74, 6) is -0.879. The van der Waals surface area contributed by atoms with E-state index in [1.54, 1.807) is 0 Å². The van der Waals surface area contributed by atoms with Gasteiger partial charge in [0.05, 0.1) is 0 Å². The Balaban J connectivity index is 4.31. The summed E-state index contributed by atoms with van der Waals surface area (Å²) < 4.78 is 17.0. The number of allylic oxidation sites excluding steroid dienone is 12. The molecule has 0 fully saturated rings. The van der Waals surface area contributed by atoms with E-state index in [2.05, 4.69) is 93.7 Å². The smallest absolute Gasteiger partial charge is 0.306 e. The van der Waals surface area contributed by atoms with Gasteiger partial charge in [-0.25, -0.2) is 0 Å². The first-order valence-electron chi connectivity index (χ1n) is 36.4. The second-order valence-electron chi connectivity index (χ2n) is 24.5. The van der Waals surface area contributed by atoms with Gasteiger partial charge in [-0.3, -0.25) is 14.4 Å². The van der Waals surface area contributed by atoms with Gasteiger partial charge in [0.1, 0.15) is 13.2 Å². The van der Waals surface area contributed by atoms with E-state index in [0.29, 0.717) is 19.3 Å². The molecule has 0 bridgehead atoms. The molecule has 1 atom stereocenters. The standard InChI is InChI=1S/C77H138O6/c1-4-7-10-13-16-19-22-25-28-31-33-35-36-37-38-39-40-42-43-46-49-52-55-58-61-64-67-70-76(79)82-73-74(72-81-75(78)69-66-63-60-57-54-51-48-45-30-27-24-21-18-15-12-9-6-3)83-77(80)71-68-65-62-59-56-53-50-47-44-41-34-32-29-26-23-20-17-14-11-8-5-2/h9,12,18,21-22,25,27,30-31,33,48,51,74H,4-8,10-11,13-17,19-20,23-24,26,28-29,32,34-47,49-50,52-73H2,1-3H3/b12-9-,21-18-,25-22-,30-27-,33-31-,51-48-. The Hall–Kier alpha value is -3.15. The van der Waals surface area contributed by atoms with Crippen molar-refractivity contribution >= 4 is 17.9 Å². The van der Waals surface area contributed by atoms with Crippen molar-refractivity contribution in [2.24, 2.45) is 0 Å². The zero-order valence-electron chi connectivity index (χ0n) is 55.5. The summed E-state index contributed by atoms with van der Waals surface area (Å²) in [6.07, 6.45) is 93.6. The van der Waals surface area contributed by atoms with Gasteiger partial charge in [0.15, 0.2) is 6.10 Å². The lowest BCUT2D eigenvalue weighted by Crippen LogP contribution is -2.30. The van der Waals surface area contributed by atoms with Crippen molar-refractivity contribution < 1.29 is 28.6 Å². The average molecular weight is 1160 g/mol. The topological polar surface area (TPSA) is 78.9 Å². The first-order valence-corrected chi connectivity index (χ1v) is 36.4. The second kappa shape index (κ2) is 71.3. The molecular formula is C77H138O6. The zero-order chi connectivity index (χ0) is 59.9. The van der Waals surface area contributed by atoms with Crippen molar-refractivity contribution in [1.82, 2.24) is 0 Å². The first-order chi connectivity index (χ1) is 41.0. The number of unbranched alkanes of at least 4 members (excludes halogenated alkanes) is 44. The maximum atomic E-state index is 13.0. The molecule has 0 saturated heterocycles. The number of carbonyl (C=O) groups excluding carboxylic acids is 3. The monoisotopic (exact) mass is 1160 g/mol. The second-order valence-corrected chi connectivity index (χ2v) is 24.5. The van der Waals surface area contributed by atoms with Crippen molar-refractivity contribution in [3.63, 3.8) is 0 Å². The largest absolute Gasteiger partial charge is 0.462 e. The van der Waals surface area contributed by atoms with Gasteiger partial charge in [-0.2, -0.15) is 0 Å². The Kier molecular flexibility index (Phi) is 68.6. The Bertz CT molecular complexity index is 1520. The molecule has 0 aromatic carbocycles. The summed E-state index contributed by atoms with van der Waals surface area (Å²) in [6.45, 7) is 6.56. The minimum Gasteiger partial charge on any atom is -0.462 e. The van der Waals surface area contributed by atoms with Crippen LogP contribution in [-0.2, 0) is 28.6 Å². The van der Waals surface area contributed by atoms with Crippen LogP contribution in [0.25, 0.3) is 0 Å². The lowest BCUT2D eigenvalue weighted by atomic mass is 10.0. The van der Waals surface area contributed by atoms with Crippen LogP contribution in [0.3, 0.4) is 0 Å². The number of ether oxygens (including phenoxy) is 3. The molecule has 482 valence electrons. The van der Waals surface area contributed by atoms with Crippen LogP contribution in [0, 0.1) is 0 Å². The van der Waals surface area contributed by atoms with Crippen LogP contribution < -0.4 is 0 Å². The zero-order valence-corrected chi connectivity index (χ0v) is 55.5. The minimum atomic E-state index is -0.786. The Morgan fingerprint density at radius 2 is 0.470 bits per heavy atom. The van der Waals surface area contributed by atoms with Crippen LogP contribution in [0.2, 0.25) is 0 Å². The Morgan fingerprint density at radius 1 is 0.253 bits per heavy atom. The van der Waals surface area contributed by atoms with Crippen LogP contribution in [0.5, 0.6) is 0 Å². The van der Waals surface area contributed by atoms with E-state index in [-0.39, 0.29) is 31.1 Å². The molecular weight excluding hydrogens is 1020 g/mol. The molecule has 0 N–H and O–H groups in total. The average Bonchev–Trinajstić information content (AvgIpc) is 3.50. The molecule has 0 aromatic rings. The fourth-order valence-electron chi connectivity index (χ4n) is 10.8. The molecule has 0 radical (unpaired) electrons. The molecule has 0 spiro atoms. The third kappa shape index (κ3) is 69.5. The summed E-state index contributed by atoms with van der Waals surface area (Å²) in [5.41, 5.74) is 0. The number of esters is 3. The fraction of sp³-hybridized carbons (Fsp3) is 0.805. The van der Waals surface area contributed by atoms with Gasteiger partial charge in [-0.15, -0.1) is 0 Å². The summed E-state index contributed by atoms with van der Waals surface area (Å²) in [7, 11) is 0. The molecule has 0 aromatic heterocycles. The third-order valence-electron chi connectivity index (χ3n) is 16.2. The minimum absolute atomic E-state index is 0.0793. The van der Waals surface area contributed by atoms with Gasteiger partial charge in [0.25, 0.3) is 0 Å². The lowest BCUT2D eigenvalue weighted by molar-refractivity contribution is -0.167. The number of carbonyl (C=O) groups is 3. The highest BCUT2D eigenvalue weighted by atomic mass is 16.6. The fourth-order valence-corrected chi connectivity index (χ4v) is 10.8. The maximum Gasteiger partial charge on any atom is 0.306 e. The first kappa shape index (κ1) is 79.8. The van der Waals surface area contributed by atoms with E-state index in [0.717, 1.165) is 103 Å². The quantitative estimate of drug-likeness (QED) is 0.0261. The molecule has 0 aliphatic rings. The van der Waals surface area contributed by atoms with Gasteiger partial charge >= 0.3 is 17.9 Å². The lowest BCUT2D eigenvalue weighted by Gasteiger charge is -2.18.